The van der Waals surface area contributed by atoms with E-state index in [1.165, 1.54) is 24.6 Å². The number of nitrogens with two attached hydrogens (primary N) is 1. The van der Waals surface area contributed by atoms with Crippen molar-refractivity contribution in [2.45, 2.75) is 26.4 Å². The van der Waals surface area contributed by atoms with Crippen molar-refractivity contribution in [1.82, 2.24) is 4.98 Å². The number of hydrogen-bond acceptors (Lipinski definition) is 2. The van der Waals surface area contributed by atoms with Gasteiger partial charge in [0.15, 0.2) is 0 Å². The van der Waals surface area contributed by atoms with E-state index in [1.807, 2.05) is 0 Å². The third-order valence-corrected chi connectivity index (χ3v) is 2.33. The number of anilines is 1. The molecule has 0 saturated carbocycles. The van der Waals surface area contributed by atoms with Crippen LogP contribution in [0.25, 0.3) is 10.9 Å². The Hall–Kier alpha value is -1.49. The van der Waals surface area contributed by atoms with Gasteiger partial charge in [0.1, 0.15) is 5.69 Å². The number of pyridine rings is 1. The molecule has 0 aliphatic heterocycles. The molecule has 0 aliphatic carbocycles. The van der Waals surface area contributed by atoms with Gasteiger partial charge in [0.2, 0.25) is 0 Å². The molecule has 2 aromatic rings. The minimum Gasteiger partial charge on any atom is -0.398 e. The standard InChI is InChI=1S/C10H6ClF3N2.C3H8/c11-5-1-2-8-6(3-5)7(15)4-9(16-8)10(12,13)14;1-3-2/h1-4H,(H2,15,16);3H2,1-2H3. The maximum atomic E-state index is 12.4. The fraction of sp³-hybridized carbons (Fsp3) is 0.308. The van der Waals surface area contributed by atoms with Crippen molar-refractivity contribution in [1.29, 1.82) is 0 Å². The van der Waals surface area contributed by atoms with E-state index < -0.39 is 11.9 Å². The molecule has 0 aliphatic rings. The first-order chi connectivity index (χ1) is 8.79. The van der Waals surface area contributed by atoms with Crippen molar-refractivity contribution in [3.8, 4) is 0 Å². The van der Waals surface area contributed by atoms with Crippen LogP contribution in [0.5, 0.6) is 0 Å². The van der Waals surface area contributed by atoms with E-state index in [2.05, 4.69) is 18.8 Å². The summed E-state index contributed by atoms with van der Waals surface area (Å²) in [5.41, 5.74) is 4.72. The zero-order valence-electron chi connectivity index (χ0n) is 10.6. The molecule has 0 spiro atoms. The molecule has 6 heteroatoms. The highest BCUT2D eigenvalue weighted by Crippen LogP contribution is 2.32. The Morgan fingerprint density at radius 3 is 2.32 bits per heavy atom. The second-order valence-corrected chi connectivity index (χ2v) is 4.40. The summed E-state index contributed by atoms with van der Waals surface area (Å²) in [7, 11) is 0. The summed E-state index contributed by atoms with van der Waals surface area (Å²) in [6.45, 7) is 4.25. The van der Waals surface area contributed by atoms with Crippen LogP contribution in [-0.4, -0.2) is 4.98 Å². The number of alkyl halides is 3. The summed E-state index contributed by atoms with van der Waals surface area (Å²) in [5, 5.41) is 0.821. The van der Waals surface area contributed by atoms with E-state index >= 15 is 0 Å². The maximum Gasteiger partial charge on any atom is 0.433 e. The van der Waals surface area contributed by atoms with E-state index in [1.54, 1.807) is 0 Å². The molecule has 0 radical (unpaired) electrons. The van der Waals surface area contributed by atoms with Crippen molar-refractivity contribution in [3.63, 3.8) is 0 Å². The molecule has 0 saturated heterocycles. The minimum atomic E-state index is -4.50. The van der Waals surface area contributed by atoms with Crippen molar-refractivity contribution >= 4 is 28.2 Å². The van der Waals surface area contributed by atoms with Gasteiger partial charge in [-0.1, -0.05) is 31.9 Å². The quantitative estimate of drug-likeness (QED) is 0.749. The summed E-state index contributed by atoms with van der Waals surface area (Å²) in [5.74, 6) is 0. The topological polar surface area (TPSA) is 38.9 Å². The fourth-order valence-corrected chi connectivity index (χ4v) is 1.54. The second kappa shape index (κ2) is 6.10. The van der Waals surface area contributed by atoms with Gasteiger partial charge in [-0.3, -0.25) is 0 Å². The Balaban J connectivity index is 0.000000550. The highest BCUT2D eigenvalue weighted by molar-refractivity contribution is 6.31. The number of nitrogens with zero attached hydrogens (tertiary/aromatic N) is 1. The Morgan fingerprint density at radius 1 is 1.21 bits per heavy atom. The largest absolute Gasteiger partial charge is 0.433 e. The first-order valence-corrected chi connectivity index (χ1v) is 6.10. The van der Waals surface area contributed by atoms with Gasteiger partial charge in [0.25, 0.3) is 0 Å². The average Bonchev–Trinajstić information content (AvgIpc) is 2.29. The van der Waals surface area contributed by atoms with Crippen LogP contribution in [0.2, 0.25) is 5.02 Å². The van der Waals surface area contributed by atoms with Crippen LogP contribution in [0.3, 0.4) is 0 Å². The van der Waals surface area contributed by atoms with Gasteiger partial charge >= 0.3 is 6.18 Å². The number of nitrogen functional groups attached to an aromatic ring is 1. The van der Waals surface area contributed by atoms with Gasteiger partial charge in [-0.05, 0) is 24.3 Å². The molecule has 2 N–H and O–H groups in total. The molecular weight excluding hydrogens is 277 g/mol. The van der Waals surface area contributed by atoms with E-state index in [0.717, 1.165) is 6.07 Å². The lowest BCUT2D eigenvalue weighted by Gasteiger charge is -2.09. The maximum absolute atomic E-state index is 12.4. The molecule has 0 unspecified atom stereocenters. The van der Waals surface area contributed by atoms with E-state index in [0.29, 0.717) is 10.4 Å². The number of benzene rings is 1. The molecule has 0 atom stereocenters. The van der Waals surface area contributed by atoms with E-state index in [-0.39, 0.29) is 11.2 Å². The lowest BCUT2D eigenvalue weighted by Crippen LogP contribution is -2.09. The van der Waals surface area contributed by atoms with Crippen molar-refractivity contribution in [2.75, 3.05) is 5.73 Å². The lowest BCUT2D eigenvalue weighted by atomic mass is 10.1. The number of hydrogen-bond donors (Lipinski definition) is 1. The van der Waals surface area contributed by atoms with Gasteiger partial charge in [0, 0.05) is 16.1 Å². The summed E-state index contributed by atoms with van der Waals surface area (Å²) in [6.07, 6.45) is -3.25. The van der Waals surface area contributed by atoms with Crippen molar-refractivity contribution < 1.29 is 13.2 Å². The smallest absolute Gasteiger partial charge is 0.398 e. The van der Waals surface area contributed by atoms with Crippen LogP contribution in [0.1, 0.15) is 26.0 Å². The summed E-state index contributed by atoms with van der Waals surface area (Å²) >= 11 is 5.71. The zero-order chi connectivity index (χ0) is 14.6. The van der Waals surface area contributed by atoms with Gasteiger partial charge in [-0.2, -0.15) is 13.2 Å². The molecular formula is C13H14ClF3N2. The predicted molar refractivity (Wildman–Crippen MR) is 72.1 cm³/mol. The minimum absolute atomic E-state index is 0.0137. The second-order valence-electron chi connectivity index (χ2n) is 3.96. The molecule has 1 heterocycles. The Bertz CT molecular complexity index is 568. The Morgan fingerprint density at radius 2 is 1.79 bits per heavy atom. The average molecular weight is 291 g/mol. The molecule has 2 rings (SSSR count). The van der Waals surface area contributed by atoms with Gasteiger partial charge in [-0.15, -0.1) is 0 Å². The summed E-state index contributed by atoms with van der Waals surface area (Å²) in [4.78, 5) is 3.48. The molecule has 104 valence electrons. The van der Waals surface area contributed by atoms with E-state index in [9.17, 15) is 13.2 Å². The summed E-state index contributed by atoms with van der Waals surface area (Å²) in [6, 6.07) is 5.16. The molecule has 0 fully saturated rings. The van der Waals surface area contributed by atoms with Gasteiger partial charge in [0.05, 0.1) is 5.52 Å². The Kier molecular flexibility index (Phi) is 5.00. The van der Waals surface area contributed by atoms with Crippen LogP contribution in [0, 0.1) is 0 Å². The molecule has 19 heavy (non-hydrogen) atoms. The zero-order valence-corrected chi connectivity index (χ0v) is 11.3. The number of fused-ring (bicyclic) bond motifs is 1. The van der Waals surface area contributed by atoms with Crippen LogP contribution < -0.4 is 5.73 Å². The SMILES string of the molecule is CCC.Nc1cc(C(F)(F)F)nc2ccc(Cl)cc12. The van der Waals surface area contributed by atoms with Crippen LogP contribution in [-0.2, 0) is 6.18 Å². The predicted octanol–water partition coefficient (Wildman–Crippen LogP) is 4.91. The van der Waals surface area contributed by atoms with Gasteiger partial charge < -0.3 is 5.73 Å². The van der Waals surface area contributed by atoms with Crippen LogP contribution >= 0.6 is 11.6 Å². The summed E-state index contributed by atoms with van der Waals surface area (Å²) < 4.78 is 37.3. The first kappa shape index (κ1) is 15.6. The van der Waals surface area contributed by atoms with Crippen LogP contribution in [0.4, 0.5) is 18.9 Å². The van der Waals surface area contributed by atoms with Crippen molar-refractivity contribution in [3.05, 3.63) is 35.0 Å². The lowest BCUT2D eigenvalue weighted by molar-refractivity contribution is -0.140. The van der Waals surface area contributed by atoms with Gasteiger partial charge in [-0.25, -0.2) is 4.98 Å². The highest BCUT2D eigenvalue weighted by Gasteiger charge is 2.33. The molecule has 1 aromatic carbocycles. The number of rotatable bonds is 0. The van der Waals surface area contributed by atoms with Crippen molar-refractivity contribution in [2.24, 2.45) is 0 Å². The first-order valence-electron chi connectivity index (χ1n) is 5.72. The molecule has 2 nitrogen and oxygen atoms in total. The Labute approximate surface area is 114 Å². The van der Waals surface area contributed by atoms with Crippen LogP contribution in [0.15, 0.2) is 24.3 Å². The molecule has 1 aromatic heterocycles. The third kappa shape index (κ3) is 3.99. The molecule has 0 amide bonds. The third-order valence-electron chi connectivity index (χ3n) is 2.09. The van der Waals surface area contributed by atoms with E-state index in [4.69, 9.17) is 17.3 Å². The number of halogens is 4. The monoisotopic (exact) mass is 290 g/mol. The fourth-order valence-electron chi connectivity index (χ4n) is 1.37. The highest BCUT2D eigenvalue weighted by atomic mass is 35.5. The number of aromatic nitrogens is 1. The molecule has 0 bridgehead atoms. The normalized spacial score (nSPS) is 11.1.